The Labute approximate surface area is 156 Å². The third-order valence-corrected chi connectivity index (χ3v) is 4.39. The van der Waals surface area contributed by atoms with E-state index in [9.17, 15) is 14.4 Å². The van der Waals surface area contributed by atoms with Crippen molar-refractivity contribution in [1.82, 2.24) is 0 Å². The van der Waals surface area contributed by atoms with E-state index in [1.807, 2.05) is 0 Å². The van der Waals surface area contributed by atoms with E-state index >= 15 is 0 Å². The lowest BCUT2D eigenvalue weighted by molar-refractivity contribution is -0.122. The Morgan fingerprint density at radius 2 is 1.63 bits per heavy atom. The van der Waals surface area contributed by atoms with Gasteiger partial charge in [0, 0.05) is 11.8 Å². The molecule has 2 N–H and O–H groups in total. The SMILES string of the molecule is COC(=O)c1ccccc1NC(=O)C1CC1C(=O)Nc1cccc(OC)c1. The molecule has 2 aromatic rings. The lowest BCUT2D eigenvalue weighted by atomic mass is 10.1. The van der Waals surface area contributed by atoms with E-state index in [1.165, 1.54) is 7.11 Å². The van der Waals surface area contributed by atoms with Gasteiger partial charge in [-0.2, -0.15) is 0 Å². The molecule has 0 radical (unpaired) electrons. The zero-order valence-corrected chi connectivity index (χ0v) is 15.0. The van der Waals surface area contributed by atoms with Crippen molar-refractivity contribution in [3.63, 3.8) is 0 Å². The predicted octanol–water partition coefficient (Wildman–Crippen LogP) is 2.70. The molecule has 1 aliphatic carbocycles. The number of nitrogens with one attached hydrogen (secondary N) is 2. The van der Waals surface area contributed by atoms with E-state index in [4.69, 9.17) is 9.47 Å². The maximum Gasteiger partial charge on any atom is 0.339 e. The van der Waals surface area contributed by atoms with Crippen LogP contribution < -0.4 is 15.4 Å². The first kappa shape index (κ1) is 18.4. The summed E-state index contributed by atoms with van der Waals surface area (Å²) in [6.45, 7) is 0. The molecule has 1 saturated carbocycles. The second-order valence-electron chi connectivity index (χ2n) is 6.20. The number of carbonyl (C=O) groups excluding carboxylic acids is 3. The summed E-state index contributed by atoms with van der Waals surface area (Å²) in [6.07, 6.45) is 0.460. The number of benzene rings is 2. The molecule has 0 heterocycles. The minimum Gasteiger partial charge on any atom is -0.497 e. The number of carbonyl (C=O) groups is 3. The van der Waals surface area contributed by atoms with Gasteiger partial charge in [-0.3, -0.25) is 9.59 Å². The Bertz CT molecular complexity index is 880. The Kier molecular flexibility index (Phi) is 5.40. The second kappa shape index (κ2) is 7.90. The fourth-order valence-corrected chi connectivity index (χ4v) is 2.82. The Morgan fingerprint density at radius 3 is 2.33 bits per heavy atom. The number of esters is 1. The number of para-hydroxylation sites is 1. The van der Waals surface area contributed by atoms with Crippen LogP contribution >= 0.6 is 0 Å². The molecular weight excluding hydrogens is 348 g/mol. The fourth-order valence-electron chi connectivity index (χ4n) is 2.82. The van der Waals surface area contributed by atoms with Gasteiger partial charge in [0.05, 0.1) is 37.3 Å². The number of ether oxygens (including phenoxy) is 2. The molecule has 2 amide bonds. The molecule has 2 aromatic carbocycles. The Morgan fingerprint density at radius 1 is 0.926 bits per heavy atom. The summed E-state index contributed by atoms with van der Waals surface area (Å²) in [5.41, 5.74) is 1.25. The zero-order chi connectivity index (χ0) is 19.4. The smallest absolute Gasteiger partial charge is 0.339 e. The van der Waals surface area contributed by atoms with Crippen LogP contribution in [0.1, 0.15) is 16.8 Å². The molecule has 7 heteroatoms. The number of hydrogen-bond acceptors (Lipinski definition) is 5. The van der Waals surface area contributed by atoms with Crippen LogP contribution in [0.5, 0.6) is 5.75 Å². The number of anilines is 2. The van der Waals surface area contributed by atoms with E-state index in [0.717, 1.165) is 0 Å². The average molecular weight is 368 g/mol. The van der Waals surface area contributed by atoms with Crippen molar-refractivity contribution < 1.29 is 23.9 Å². The molecule has 27 heavy (non-hydrogen) atoms. The quantitative estimate of drug-likeness (QED) is 0.765. The number of amides is 2. The van der Waals surface area contributed by atoms with Crippen molar-refractivity contribution in [3.8, 4) is 5.75 Å². The summed E-state index contributed by atoms with van der Waals surface area (Å²) in [7, 11) is 2.83. The van der Waals surface area contributed by atoms with E-state index < -0.39 is 17.8 Å². The van der Waals surface area contributed by atoms with Gasteiger partial charge in [0.2, 0.25) is 11.8 Å². The molecule has 140 valence electrons. The molecule has 0 aromatic heterocycles. The fraction of sp³-hybridized carbons (Fsp3) is 0.250. The van der Waals surface area contributed by atoms with Crippen molar-refractivity contribution in [3.05, 3.63) is 54.1 Å². The van der Waals surface area contributed by atoms with E-state index in [0.29, 0.717) is 23.5 Å². The highest BCUT2D eigenvalue weighted by Crippen LogP contribution is 2.40. The summed E-state index contributed by atoms with van der Waals surface area (Å²) in [6, 6.07) is 13.6. The molecule has 1 aliphatic rings. The minimum absolute atomic E-state index is 0.218. The summed E-state index contributed by atoms with van der Waals surface area (Å²) in [5.74, 6) is -1.24. The van der Waals surface area contributed by atoms with E-state index in [2.05, 4.69) is 10.6 Å². The van der Waals surface area contributed by atoms with Gasteiger partial charge in [0.1, 0.15) is 5.75 Å². The van der Waals surface area contributed by atoms with Crippen molar-refractivity contribution in [1.29, 1.82) is 0 Å². The topological polar surface area (TPSA) is 93.7 Å². The van der Waals surface area contributed by atoms with Gasteiger partial charge >= 0.3 is 5.97 Å². The van der Waals surface area contributed by atoms with Crippen molar-refractivity contribution in [2.24, 2.45) is 11.8 Å². The van der Waals surface area contributed by atoms with Crippen LogP contribution in [0, 0.1) is 11.8 Å². The Hall–Kier alpha value is -3.35. The largest absolute Gasteiger partial charge is 0.497 e. The first-order chi connectivity index (χ1) is 13.0. The maximum atomic E-state index is 12.4. The maximum absolute atomic E-state index is 12.4. The molecule has 1 fully saturated rings. The average Bonchev–Trinajstić information content (AvgIpc) is 3.49. The summed E-state index contributed by atoms with van der Waals surface area (Å²) < 4.78 is 9.84. The summed E-state index contributed by atoms with van der Waals surface area (Å²) >= 11 is 0. The van der Waals surface area contributed by atoms with Crippen LogP contribution in [-0.2, 0) is 14.3 Å². The van der Waals surface area contributed by atoms with Crippen molar-refractivity contribution in [2.45, 2.75) is 6.42 Å². The van der Waals surface area contributed by atoms with Gasteiger partial charge in [-0.25, -0.2) is 4.79 Å². The third-order valence-electron chi connectivity index (χ3n) is 4.39. The van der Waals surface area contributed by atoms with Crippen LogP contribution in [0.3, 0.4) is 0 Å². The predicted molar refractivity (Wildman–Crippen MR) is 99.6 cm³/mol. The van der Waals surface area contributed by atoms with Gasteiger partial charge in [0.15, 0.2) is 0 Å². The van der Waals surface area contributed by atoms with E-state index in [1.54, 1.807) is 55.6 Å². The van der Waals surface area contributed by atoms with Gasteiger partial charge in [-0.05, 0) is 30.7 Å². The van der Waals surface area contributed by atoms with Crippen molar-refractivity contribution in [2.75, 3.05) is 24.9 Å². The number of rotatable bonds is 6. The molecule has 0 saturated heterocycles. The van der Waals surface area contributed by atoms with Crippen LogP contribution in [0.15, 0.2) is 48.5 Å². The summed E-state index contributed by atoms with van der Waals surface area (Å²) in [4.78, 5) is 36.6. The second-order valence-corrected chi connectivity index (χ2v) is 6.20. The molecule has 0 bridgehead atoms. The first-order valence-electron chi connectivity index (χ1n) is 8.46. The van der Waals surface area contributed by atoms with Gasteiger partial charge in [-0.15, -0.1) is 0 Å². The molecule has 0 spiro atoms. The lowest BCUT2D eigenvalue weighted by Gasteiger charge is -2.10. The van der Waals surface area contributed by atoms with Crippen LogP contribution in [0.4, 0.5) is 11.4 Å². The lowest BCUT2D eigenvalue weighted by Crippen LogP contribution is -2.21. The Balaban J connectivity index is 1.61. The molecular formula is C20H20N2O5. The van der Waals surface area contributed by atoms with Gasteiger partial charge < -0.3 is 20.1 Å². The van der Waals surface area contributed by atoms with Gasteiger partial charge in [0.25, 0.3) is 0 Å². The standard InChI is InChI=1S/C20H20N2O5/c1-26-13-7-5-6-12(10-13)21-18(23)15-11-16(15)19(24)22-17-9-4-3-8-14(17)20(25)27-2/h3-10,15-16H,11H2,1-2H3,(H,21,23)(H,22,24). The van der Waals surface area contributed by atoms with Crippen molar-refractivity contribution >= 4 is 29.2 Å². The molecule has 0 aliphatic heterocycles. The number of methoxy groups -OCH3 is 2. The minimum atomic E-state index is -0.533. The molecule has 2 atom stereocenters. The summed E-state index contributed by atoms with van der Waals surface area (Å²) in [5, 5.41) is 5.51. The highest BCUT2D eigenvalue weighted by molar-refractivity contribution is 6.06. The monoisotopic (exact) mass is 368 g/mol. The van der Waals surface area contributed by atoms with Crippen LogP contribution in [-0.4, -0.2) is 32.0 Å². The molecule has 3 rings (SSSR count). The highest BCUT2D eigenvalue weighted by atomic mass is 16.5. The highest BCUT2D eigenvalue weighted by Gasteiger charge is 2.48. The van der Waals surface area contributed by atoms with E-state index in [-0.39, 0.29) is 17.4 Å². The van der Waals surface area contributed by atoms with Crippen LogP contribution in [0.2, 0.25) is 0 Å². The third kappa shape index (κ3) is 4.25. The van der Waals surface area contributed by atoms with Crippen LogP contribution in [0.25, 0.3) is 0 Å². The zero-order valence-electron chi connectivity index (χ0n) is 15.0. The first-order valence-corrected chi connectivity index (χ1v) is 8.46. The number of hydrogen-bond donors (Lipinski definition) is 2. The normalized spacial score (nSPS) is 17.6. The molecule has 2 unspecified atom stereocenters. The molecule has 7 nitrogen and oxygen atoms in total. The van der Waals surface area contributed by atoms with Gasteiger partial charge in [-0.1, -0.05) is 18.2 Å².